The molecule has 0 radical (unpaired) electrons. The standard InChI is InChI=1S/C33H45F3NO7P/c1-31(2,3)24-11-14-26(15-12-24)44-28-17-10-21-18-25(13-16-27(21)29(28)33(34,35)36)32(4,5)37(30(38)39)19-22-8-6-7-9-23(22)20-43-45(40,41)42/h6-10,17,24-26H,11-16,18-20H2,1-5H3,(H,38,39)(H2,40,41,42)/t24-,25-,26-/m0/s1. The molecule has 250 valence electrons. The highest BCUT2D eigenvalue weighted by Gasteiger charge is 2.44. The molecule has 3 N–H and O–H groups in total. The van der Waals surface area contributed by atoms with Gasteiger partial charge in [-0.2, -0.15) is 13.2 Å². The fraction of sp³-hybridized carbons (Fsp3) is 0.606. The minimum absolute atomic E-state index is 0.0928. The maximum absolute atomic E-state index is 14.6. The number of carbonyl (C=O) groups is 1. The van der Waals surface area contributed by atoms with Gasteiger partial charge in [-0.1, -0.05) is 51.1 Å². The van der Waals surface area contributed by atoms with Crippen LogP contribution in [-0.2, 0) is 41.3 Å². The highest BCUT2D eigenvalue weighted by molar-refractivity contribution is 7.46. The molecule has 1 amide bonds. The first-order valence-electron chi connectivity index (χ1n) is 15.4. The molecule has 0 unspecified atom stereocenters. The Labute approximate surface area is 263 Å². The fourth-order valence-electron chi connectivity index (χ4n) is 6.99. The van der Waals surface area contributed by atoms with Crippen LogP contribution in [0.1, 0.15) is 94.5 Å². The lowest BCUT2D eigenvalue weighted by molar-refractivity contribution is -0.140. The second kappa shape index (κ2) is 13.3. The second-order valence-corrected chi connectivity index (χ2v) is 15.3. The first-order chi connectivity index (χ1) is 20.8. The van der Waals surface area contributed by atoms with Crippen molar-refractivity contribution in [2.24, 2.45) is 17.3 Å². The van der Waals surface area contributed by atoms with Crippen molar-refractivity contribution in [3.05, 3.63) is 64.2 Å². The number of amides is 1. The molecule has 0 saturated heterocycles. The second-order valence-electron chi connectivity index (χ2n) is 14.0. The molecule has 2 aromatic rings. The van der Waals surface area contributed by atoms with E-state index in [-0.39, 0.29) is 48.1 Å². The molecule has 2 aliphatic carbocycles. The minimum atomic E-state index is -4.75. The number of phosphoric acid groups is 1. The van der Waals surface area contributed by atoms with Crippen LogP contribution in [0.25, 0.3) is 0 Å². The number of rotatable bonds is 9. The van der Waals surface area contributed by atoms with Gasteiger partial charge in [-0.25, -0.2) is 9.36 Å². The van der Waals surface area contributed by atoms with Crippen molar-refractivity contribution in [2.75, 3.05) is 0 Å². The third-order valence-corrected chi connectivity index (χ3v) is 10.3. The Morgan fingerprint density at radius 3 is 2.11 bits per heavy atom. The van der Waals surface area contributed by atoms with Crippen LogP contribution in [0, 0.1) is 17.3 Å². The Hall–Kier alpha value is -2.59. The Bertz CT molecular complexity index is 1410. The topological polar surface area (TPSA) is 117 Å². The molecule has 4 rings (SSSR count). The van der Waals surface area contributed by atoms with Gasteiger partial charge in [-0.05, 0) is 104 Å². The summed E-state index contributed by atoms with van der Waals surface area (Å²) in [4.78, 5) is 32.1. The molecular formula is C33H45F3NO7P. The lowest BCUT2D eigenvalue weighted by Crippen LogP contribution is -2.53. The number of alkyl halides is 3. The largest absolute Gasteiger partial charge is 0.490 e. The predicted octanol–water partition coefficient (Wildman–Crippen LogP) is 8.36. The summed E-state index contributed by atoms with van der Waals surface area (Å²) in [6.45, 7) is 9.61. The SMILES string of the molecule is CC(C)([C@H]1CCc2c(ccc(O[C@H]3CC[C@H](C(C)(C)C)CC3)c2C(F)(F)F)C1)N(Cc1ccccc1COP(=O)(O)O)C(=O)O. The highest BCUT2D eigenvalue weighted by atomic mass is 31.2. The summed E-state index contributed by atoms with van der Waals surface area (Å²) in [5, 5.41) is 10.3. The molecule has 0 heterocycles. The van der Waals surface area contributed by atoms with Gasteiger partial charge in [0.15, 0.2) is 0 Å². The van der Waals surface area contributed by atoms with Gasteiger partial charge < -0.3 is 19.6 Å². The molecule has 0 aliphatic heterocycles. The number of hydrogen-bond acceptors (Lipinski definition) is 4. The number of hydrogen-bond donors (Lipinski definition) is 3. The molecule has 0 bridgehead atoms. The van der Waals surface area contributed by atoms with Crippen molar-refractivity contribution in [1.82, 2.24) is 4.90 Å². The summed E-state index contributed by atoms with van der Waals surface area (Å²) in [5.74, 6) is 0.0924. The van der Waals surface area contributed by atoms with Gasteiger partial charge in [0.1, 0.15) is 11.3 Å². The van der Waals surface area contributed by atoms with Crippen molar-refractivity contribution in [3.63, 3.8) is 0 Å². The average molecular weight is 656 g/mol. The van der Waals surface area contributed by atoms with Crippen molar-refractivity contribution in [1.29, 1.82) is 0 Å². The van der Waals surface area contributed by atoms with E-state index < -0.39 is 37.8 Å². The normalized spacial score (nSPS) is 21.2. The molecule has 2 aliphatic rings. The molecule has 0 spiro atoms. The van der Waals surface area contributed by atoms with E-state index in [9.17, 15) is 27.6 Å². The van der Waals surface area contributed by atoms with Crippen molar-refractivity contribution in [3.8, 4) is 5.75 Å². The number of carboxylic acid groups (broad SMARTS) is 1. The van der Waals surface area contributed by atoms with Crippen LogP contribution in [0.2, 0.25) is 0 Å². The maximum atomic E-state index is 14.6. The quantitative estimate of drug-likeness (QED) is 0.233. The Morgan fingerprint density at radius 2 is 1.56 bits per heavy atom. The van der Waals surface area contributed by atoms with Crippen LogP contribution in [0.3, 0.4) is 0 Å². The van der Waals surface area contributed by atoms with E-state index >= 15 is 0 Å². The van der Waals surface area contributed by atoms with Gasteiger partial charge in [0.2, 0.25) is 0 Å². The van der Waals surface area contributed by atoms with Crippen LogP contribution >= 0.6 is 7.82 Å². The first kappa shape index (κ1) is 35.3. The minimum Gasteiger partial charge on any atom is -0.490 e. The Balaban J connectivity index is 1.55. The Kier molecular flexibility index (Phi) is 10.4. The number of halogens is 3. The van der Waals surface area contributed by atoms with E-state index in [1.807, 2.05) is 0 Å². The zero-order chi connectivity index (χ0) is 33.4. The number of phosphoric ester groups is 1. The maximum Gasteiger partial charge on any atom is 0.469 e. The lowest BCUT2D eigenvalue weighted by atomic mass is 9.71. The molecular weight excluding hydrogens is 610 g/mol. The first-order valence-corrected chi connectivity index (χ1v) is 17.0. The number of nitrogens with zero attached hydrogens (tertiary/aromatic N) is 1. The number of benzene rings is 2. The fourth-order valence-corrected chi connectivity index (χ4v) is 7.29. The van der Waals surface area contributed by atoms with E-state index in [0.717, 1.165) is 12.8 Å². The van der Waals surface area contributed by atoms with Gasteiger partial charge >= 0.3 is 20.1 Å². The van der Waals surface area contributed by atoms with Gasteiger partial charge in [0, 0.05) is 12.1 Å². The van der Waals surface area contributed by atoms with E-state index in [0.29, 0.717) is 41.9 Å². The van der Waals surface area contributed by atoms with Crippen LogP contribution in [0.5, 0.6) is 5.75 Å². The van der Waals surface area contributed by atoms with E-state index in [1.165, 1.54) is 11.0 Å². The summed E-state index contributed by atoms with van der Waals surface area (Å²) in [5.41, 5.74) is 0.135. The molecule has 12 heteroatoms. The molecule has 2 aromatic carbocycles. The van der Waals surface area contributed by atoms with Gasteiger partial charge in [-0.3, -0.25) is 9.42 Å². The van der Waals surface area contributed by atoms with E-state index in [2.05, 4.69) is 25.3 Å². The Morgan fingerprint density at radius 1 is 0.933 bits per heavy atom. The summed E-state index contributed by atoms with van der Waals surface area (Å²) >= 11 is 0. The third-order valence-electron chi connectivity index (χ3n) is 9.82. The molecule has 1 fully saturated rings. The van der Waals surface area contributed by atoms with E-state index in [1.54, 1.807) is 44.2 Å². The van der Waals surface area contributed by atoms with E-state index in [4.69, 9.17) is 14.5 Å². The monoisotopic (exact) mass is 655 g/mol. The third kappa shape index (κ3) is 8.61. The van der Waals surface area contributed by atoms with Crippen LogP contribution in [0.15, 0.2) is 36.4 Å². The van der Waals surface area contributed by atoms with Crippen molar-refractivity contribution in [2.45, 2.75) is 111 Å². The lowest BCUT2D eigenvalue weighted by Gasteiger charge is -2.45. The summed E-state index contributed by atoms with van der Waals surface area (Å²) < 4.78 is 65.7. The highest BCUT2D eigenvalue weighted by Crippen LogP contribution is 2.47. The van der Waals surface area contributed by atoms with Gasteiger partial charge in [0.05, 0.1) is 12.7 Å². The van der Waals surface area contributed by atoms with Crippen LogP contribution < -0.4 is 4.74 Å². The molecule has 8 nitrogen and oxygen atoms in total. The van der Waals surface area contributed by atoms with Crippen molar-refractivity contribution >= 4 is 13.9 Å². The summed E-state index contributed by atoms with van der Waals surface area (Å²) in [7, 11) is -4.75. The molecule has 1 atom stereocenters. The van der Waals surface area contributed by atoms with Gasteiger partial charge in [-0.15, -0.1) is 0 Å². The molecule has 1 saturated carbocycles. The molecule has 0 aromatic heterocycles. The zero-order valence-corrected chi connectivity index (χ0v) is 27.5. The predicted molar refractivity (Wildman–Crippen MR) is 164 cm³/mol. The van der Waals surface area contributed by atoms with Crippen molar-refractivity contribution < 1.29 is 46.7 Å². The summed E-state index contributed by atoms with van der Waals surface area (Å²) in [6.07, 6.45) is -2.08. The number of fused-ring (bicyclic) bond motifs is 1. The zero-order valence-electron chi connectivity index (χ0n) is 26.6. The average Bonchev–Trinajstić information content (AvgIpc) is 2.93. The summed E-state index contributed by atoms with van der Waals surface area (Å²) in [6, 6.07) is 9.73. The van der Waals surface area contributed by atoms with Crippen LogP contribution in [-0.4, -0.2) is 37.5 Å². The molecule has 45 heavy (non-hydrogen) atoms. The van der Waals surface area contributed by atoms with Gasteiger partial charge in [0.25, 0.3) is 0 Å². The number of ether oxygens (including phenoxy) is 1. The van der Waals surface area contributed by atoms with Crippen LogP contribution in [0.4, 0.5) is 18.0 Å². The smallest absolute Gasteiger partial charge is 0.469 e.